The molecule has 154 valence electrons. The average Bonchev–Trinajstić information content (AvgIpc) is 3.12. The molecule has 8 nitrogen and oxygen atoms in total. The predicted molar refractivity (Wildman–Crippen MR) is 115 cm³/mol. The fourth-order valence-corrected chi connectivity index (χ4v) is 4.66. The standard InChI is InChI=1S/C19H23BrN6O2S/c1-2-28-18-14(8-21)15(22)7-16(25-18)17(27)23-9-12-3-5-26(6-4-12)11-13-10-24-19(20)29-13/h7,10,12H,2-6,9,11H2,1H3,(H2,22,25)(H,23,27). The maximum absolute atomic E-state index is 12.5. The van der Waals surface area contributed by atoms with Crippen LogP contribution in [-0.4, -0.2) is 47.0 Å². The number of piperidine rings is 1. The number of anilines is 1. The molecule has 2 aromatic rings. The Morgan fingerprint density at radius 1 is 1.52 bits per heavy atom. The molecular formula is C19H23BrN6O2S. The van der Waals surface area contributed by atoms with Gasteiger partial charge in [-0.2, -0.15) is 5.26 Å². The normalized spacial score (nSPS) is 15.1. The molecule has 1 aliphatic heterocycles. The molecule has 0 spiro atoms. The van der Waals surface area contributed by atoms with Crippen molar-refractivity contribution in [3.8, 4) is 11.9 Å². The van der Waals surface area contributed by atoms with Crippen LogP contribution in [0.4, 0.5) is 5.69 Å². The fourth-order valence-electron chi connectivity index (χ4n) is 3.26. The molecule has 1 saturated heterocycles. The van der Waals surface area contributed by atoms with E-state index < -0.39 is 0 Å². The highest BCUT2D eigenvalue weighted by molar-refractivity contribution is 9.11. The molecule has 3 heterocycles. The first-order chi connectivity index (χ1) is 14.0. The summed E-state index contributed by atoms with van der Waals surface area (Å²) in [6.07, 6.45) is 3.95. The van der Waals surface area contributed by atoms with Crippen molar-refractivity contribution < 1.29 is 9.53 Å². The summed E-state index contributed by atoms with van der Waals surface area (Å²) in [6, 6.07) is 3.39. The Morgan fingerprint density at radius 2 is 2.28 bits per heavy atom. The van der Waals surface area contributed by atoms with E-state index in [0.717, 1.165) is 36.4 Å². The van der Waals surface area contributed by atoms with Crippen LogP contribution in [-0.2, 0) is 6.54 Å². The van der Waals surface area contributed by atoms with Crippen molar-refractivity contribution in [1.82, 2.24) is 20.2 Å². The number of amides is 1. The van der Waals surface area contributed by atoms with Gasteiger partial charge in [-0.25, -0.2) is 9.97 Å². The number of nitrogens with two attached hydrogens (primary N) is 1. The quantitative estimate of drug-likeness (QED) is 0.627. The molecule has 2 aromatic heterocycles. The molecule has 29 heavy (non-hydrogen) atoms. The molecule has 0 radical (unpaired) electrons. The summed E-state index contributed by atoms with van der Waals surface area (Å²) in [4.78, 5) is 24.6. The summed E-state index contributed by atoms with van der Waals surface area (Å²) in [7, 11) is 0. The lowest BCUT2D eigenvalue weighted by atomic mass is 9.96. The van der Waals surface area contributed by atoms with Crippen molar-refractivity contribution in [1.29, 1.82) is 5.26 Å². The van der Waals surface area contributed by atoms with E-state index in [2.05, 4.69) is 36.1 Å². The number of carbonyl (C=O) groups is 1. The fraction of sp³-hybridized carbons (Fsp3) is 0.474. The lowest BCUT2D eigenvalue weighted by Crippen LogP contribution is -2.38. The molecule has 3 rings (SSSR count). The van der Waals surface area contributed by atoms with Crippen molar-refractivity contribution in [2.24, 2.45) is 5.92 Å². The van der Waals surface area contributed by atoms with Gasteiger partial charge in [0.15, 0.2) is 3.92 Å². The third-order valence-electron chi connectivity index (χ3n) is 4.81. The number of hydrogen-bond acceptors (Lipinski definition) is 8. The zero-order valence-electron chi connectivity index (χ0n) is 16.2. The van der Waals surface area contributed by atoms with Gasteiger partial charge in [0.1, 0.15) is 17.3 Å². The van der Waals surface area contributed by atoms with Crippen molar-refractivity contribution in [2.45, 2.75) is 26.3 Å². The first-order valence-electron chi connectivity index (χ1n) is 9.44. The molecule has 3 N–H and O–H groups in total. The average molecular weight is 479 g/mol. The highest BCUT2D eigenvalue weighted by Crippen LogP contribution is 2.24. The van der Waals surface area contributed by atoms with Crippen LogP contribution < -0.4 is 15.8 Å². The van der Waals surface area contributed by atoms with Gasteiger partial charge in [-0.3, -0.25) is 9.69 Å². The predicted octanol–water partition coefficient (Wildman–Crippen LogP) is 2.80. The number of nitrogen functional groups attached to an aromatic ring is 1. The van der Waals surface area contributed by atoms with Crippen molar-refractivity contribution >= 4 is 38.9 Å². The van der Waals surface area contributed by atoms with Crippen LogP contribution in [0.5, 0.6) is 5.88 Å². The Balaban J connectivity index is 1.50. The highest BCUT2D eigenvalue weighted by Gasteiger charge is 2.22. The number of thiazole rings is 1. The van der Waals surface area contributed by atoms with Gasteiger partial charge in [0.05, 0.1) is 12.3 Å². The topological polar surface area (TPSA) is 117 Å². The summed E-state index contributed by atoms with van der Waals surface area (Å²) in [5.41, 5.74) is 6.40. The molecule has 0 aromatic carbocycles. The minimum Gasteiger partial charge on any atom is -0.477 e. The molecule has 0 saturated carbocycles. The summed E-state index contributed by atoms with van der Waals surface area (Å²) < 4.78 is 6.26. The SMILES string of the molecule is CCOc1nc(C(=O)NCC2CCN(Cc3cnc(Br)s3)CC2)cc(N)c1C#N. The van der Waals surface area contributed by atoms with Gasteiger partial charge in [0.2, 0.25) is 5.88 Å². The summed E-state index contributed by atoms with van der Waals surface area (Å²) in [6.45, 7) is 5.61. The van der Waals surface area contributed by atoms with E-state index in [1.54, 1.807) is 18.3 Å². The largest absolute Gasteiger partial charge is 0.477 e. The Morgan fingerprint density at radius 3 is 2.90 bits per heavy atom. The van der Waals surface area contributed by atoms with Crippen LogP contribution in [0.1, 0.15) is 40.7 Å². The van der Waals surface area contributed by atoms with Gasteiger partial charge < -0.3 is 15.8 Å². The van der Waals surface area contributed by atoms with E-state index >= 15 is 0 Å². The zero-order chi connectivity index (χ0) is 20.8. The van der Waals surface area contributed by atoms with Crippen molar-refractivity contribution in [3.63, 3.8) is 0 Å². The van der Waals surface area contributed by atoms with E-state index in [4.69, 9.17) is 10.5 Å². The minimum absolute atomic E-state index is 0.100. The van der Waals surface area contributed by atoms with Crippen molar-refractivity contribution in [3.05, 3.63) is 32.3 Å². The van der Waals surface area contributed by atoms with E-state index in [9.17, 15) is 10.1 Å². The first kappa shape index (κ1) is 21.5. The number of nitriles is 1. The van der Waals surface area contributed by atoms with E-state index in [0.29, 0.717) is 19.1 Å². The summed E-state index contributed by atoms with van der Waals surface area (Å²) >= 11 is 5.06. The lowest BCUT2D eigenvalue weighted by Gasteiger charge is -2.31. The van der Waals surface area contributed by atoms with Crippen LogP contribution in [0.15, 0.2) is 16.2 Å². The van der Waals surface area contributed by atoms with Gasteiger partial charge >= 0.3 is 0 Å². The van der Waals surface area contributed by atoms with Gasteiger partial charge in [-0.15, -0.1) is 11.3 Å². The molecule has 0 atom stereocenters. The number of nitrogens with one attached hydrogen (secondary N) is 1. The number of pyridine rings is 1. The Hall–Kier alpha value is -2.22. The Labute approximate surface area is 182 Å². The van der Waals surface area contributed by atoms with Gasteiger partial charge in [-0.05, 0) is 60.8 Å². The van der Waals surface area contributed by atoms with Crippen LogP contribution >= 0.6 is 27.3 Å². The van der Waals surface area contributed by atoms with E-state index in [1.807, 2.05) is 12.3 Å². The first-order valence-corrected chi connectivity index (χ1v) is 11.0. The molecule has 1 amide bonds. The van der Waals surface area contributed by atoms with E-state index in [-0.39, 0.29) is 28.7 Å². The number of aromatic nitrogens is 2. The smallest absolute Gasteiger partial charge is 0.270 e. The van der Waals surface area contributed by atoms with Gasteiger partial charge in [0, 0.05) is 24.2 Å². The molecule has 1 aliphatic rings. The zero-order valence-corrected chi connectivity index (χ0v) is 18.6. The van der Waals surface area contributed by atoms with Gasteiger partial charge in [0.25, 0.3) is 5.91 Å². The molecule has 0 bridgehead atoms. The molecule has 10 heteroatoms. The Bertz CT molecular complexity index is 905. The molecule has 0 aliphatic carbocycles. The lowest BCUT2D eigenvalue weighted by molar-refractivity contribution is 0.0929. The number of carbonyl (C=O) groups excluding carboxylic acids is 1. The second-order valence-corrected chi connectivity index (χ2v) is 9.22. The summed E-state index contributed by atoms with van der Waals surface area (Å²) in [5.74, 6) is 0.215. The molecule has 0 unspecified atom stereocenters. The highest BCUT2D eigenvalue weighted by atomic mass is 79.9. The maximum Gasteiger partial charge on any atom is 0.270 e. The van der Waals surface area contributed by atoms with Crippen LogP contribution in [0.2, 0.25) is 0 Å². The van der Waals surface area contributed by atoms with Crippen LogP contribution in [0.25, 0.3) is 0 Å². The maximum atomic E-state index is 12.5. The second kappa shape index (κ2) is 10.0. The number of ether oxygens (including phenoxy) is 1. The van der Waals surface area contributed by atoms with Crippen LogP contribution in [0.3, 0.4) is 0 Å². The summed E-state index contributed by atoms with van der Waals surface area (Å²) in [5, 5.41) is 12.1. The third-order valence-corrected chi connectivity index (χ3v) is 6.27. The number of rotatable bonds is 7. The monoisotopic (exact) mass is 478 g/mol. The minimum atomic E-state index is -0.306. The number of hydrogen-bond donors (Lipinski definition) is 2. The second-order valence-electron chi connectivity index (χ2n) is 6.83. The van der Waals surface area contributed by atoms with Gasteiger partial charge in [-0.1, -0.05) is 0 Å². The Kier molecular flexibility index (Phi) is 7.41. The number of halogens is 1. The van der Waals surface area contributed by atoms with Crippen molar-refractivity contribution in [2.75, 3.05) is 32.0 Å². The van der Waals surface area contributed by atoms with E-state index in [1.165, 1.54) is 10.9 Å². The number of nitrogens with zero attached hydrogens (tertiary/aromatic N) is 4. The number of likely N-dealkylation sites (tertiary alicyclic amines) is 1. The third kappa shape index (κ3) is 5.65. The van der Waals surface area contributed by atoms with Crippen LogP contribution in [0, 0.1) is 17.2 Å². The molecular weight excluding hydrogens is 456 g/mol. The molecule has 1 fully saturated rings.